The summed E-state index contributed by atoms with van der Waals surface area (Å²) in [5.41, 5.74) is 1.26. The summed E-state index contributed by atoms with van der Waals surface area (Å²) in [5.74, 6) is -0.851. The molecule has 1 aliphatic rings. The van der Waals surface area contributed by atoms with E-state index in [1.54, 1.807) is 55.5 Å². The van der Waals surface area contributed by atoms with Gasteiger partial charge in [0.05, 0.1) is 24.8 Å². The fourth-order valence-electron chi connectivity index (χ4n) is 3.26. The molecule has 8 heteroatoms. The Morgan fingerprint density at radius 3 is 2.30 bits per heavy atom. The summed E-state index contributed by atoms with van der Waals surface area (Å²) in [7, 11) is 1.53. The number of carbonyl (C=O) groups excluding carboxylic acids is 4. The number of likely N-dealkylation sites (N-methyl/N-ethyl adjacent to an activating group) is 1. The molecule has 0 unspecified atom stereocenters. The minimum absolute atomic E-state index is 0.0286. The van der Waals surface area contributed by atoms with E-state index in [0.717, 1.165) is 4.90 Å². The van der Waals surface area contributed by atoms with E-state index in [-0.39, 0.29) is 31.3 Å². The summed E-state index contributed by atoms with van der Waals surface area (Å²) >= 11 is 0. The monoisotopic (exact) mass is 409 g/mol. The summed E-state index contributed by atoms with van der Waals surface area (Å²) < 4.78 is 5.12. The van der Waals surface area contributed by atoms with E-state index in [2.05, 4.69) is 5.32 Å². The lowest BCUT2D eigenvalue weighted by molar-refractivity contribution is -0.134. The third-order valence-electron chi connectivity index (χ3n) is 4.85. The summed E-state index contributed by atoms with van der Waals surface area (Å²) in [6.45, 7) is 1.93. The standard InChI is InChI=1S/C22H23N3O5/c1-3-24(14-19(26)23-15-7-6-8-16(13-15)30-2)20(27)11-12-25-21(28)17-9-4-5-10-18(17)22(25)29/h4-10,13H,3,11-12,14H2,1-2H3,(H,23,26). The summed E-state index contributed by atoms with van der Waals surface area (Å²) in [6, 6.07) is 13.5. The Balaban J connectivity index is 1.55. The second-order valence-corrected chi connectivity index (χ2v) is 6.75. The molecule has 2 aromatic carbocycles. The van der Waals surface area contributed by atoms with Crippen LogP contribution in [0.3, 0.4) is 0 Å². The molecule has 156 valence electrons. The highest BCUT2D eigenvalue weighted by Gasteiger charge is 2.35. The zero-order chi connectivity index (χ0) is 21.7. The maximum absolute atomic E-state index is 12.6. The predicted molar refractivity (Wildman–Crippen MR) is 110 cm³/mol. The number of hydrogen-bond acceptors (Lipinski definition) is 5. The van der Waals surface area contributed by atoms with Crippen molar-refractivity contribution in [3.8, 4) is 5.75 Å². The fraction of sp³-hybridized carbons (Fsp3) is 0.273. The number of amides is 4. The minimum Gasteiger partial charge on any atom is -0.497 e. The SMILES string of the molecule is CCN(CC(=O)Nc1cccc(OC)c1)C(=O)CCN1C(=O)c2ccccc2C1=O. The predicted octanol–water partition coefficient (Wildman–Crippen LogP) is 2.17. The van der Waals surface area contributed by atoms with E-state index in [1.807, 2.05) is 0 Å². The molecule has 8 nitrogen and oxygen atoms in total. The van der Waals surface area contributed by atoms with Crippen LogP contribution < -0.4 is 10.1 Å². The van der Waals surface area contributed by atoms with Crippen molar-refractivity contribution in [2.24, 2.45) is 0 Å². The molecule has 3 rings (SSSR count). The van der Waals surface area contributed by atoms with Gasteiger partial charge >= 0.3 is 0 Å². The van der Waals surface area contributed by atoms with E-state index < -0.39 is 11.8 Å². The Bertz CT molecular complexity index is 953. The third kappa shape index (κ3) is 4.48. The molecule has 0 radical (unpaired) electrons. The van der Waals surface area contributed by atoms with Gasteiger partial charge in [0, 0.05) is 31.3 Å². The molecule has 1 N–H and O–H groups in total. The normalized spacial score (nSPS) is 12.5. The number of ether oxygens (including phenoxy) is 1. The highest BCUT2D eigenvalue weighted by molar-refractivity contribution is 6.21. The van der Waals surface area contributed by atoms with E-state index in [9.17, 15) is 19.2 Å². The number of fused-ring (bicyclic) bond motifs is 1. The minimum atomic E-state index is -0.401. The largest absolute Gasteiger partial charge is 0.497 e. The molecule has 4 amide bonds. The number of rotatable bonds is 8. The maximum Gasteiger partial charge on any atom is 0.261 e. The van der Waals surface area contributed by atoms with E-state index >= 15 is 0 Å². The van der Waals surface area contributed by atoms with Crippen LogP contribution in [0.1, 0.15) is 34.1 Å². The van der Waals surface area contributed by atoms with Crippen LogP contribution in [0.25, 0.3) is 0 Å². The summed E-state index contributed by atoms with van der Waals surface area (Å²) in [5, 5.41) is 2.73. The molecule has 0 aliphatic carbocycles. The first kappa shape index (κ1) is 21.0. The molecular weight excluding hydrogens is 386 g/mol. The van der Waals surface area contributed by atoms with Crippen LogP contribution in [0.4, 0.5) is 5.69 Å². The van der Waals surface area contributed by atoms with E-state index in [1.165, 1.54) is 12.0 Å². The second kappa shape index (κ2) is 9.21. The molecule has 1 aliphatic heterocycles. The van der Waals surface area contributed by atoms with Crippen LogP contribution in [0, 0.1) is 0 Å². The first-order valence-corrected chi connectivity index (χ1v) is 9.61. The van der Waals surface area contributed by atoms with Gasteiger partial charge < -0.3 is 15.0 Å². The lowest BCUT2D eigenvalue weighted by atomic mass is 10.1. The van der Waals surface area contributed by atoms with Gasteiger partial charge in [-0.05, 0) is 31.2 Å². The number of anilines is 1. The van der Waals surface area contributed by atoms with Crippen molar-refractivity contribution in [3.63, 3.8) is 0 Å². The smallest absolute Gasteiger partial charge is 0.261 e. The number of hydrogen-bond donors (Lipinski definition) is 1. The number of imide groups is 1. The van der Waals surface area contributed by atoms with Gasteiger partial charge in [0.25, 0.3) is 11.8 Å². The maximum atomic E-state index is 12.6. The highest BCUT2D eigenvalue weighted by Crippen LogP contribution is 2.22. The van der Waals surface area contributed by atoms with Gasteiger partial charge in [-0.1, -0.05) is 18.2 Å². The molecule has 0 saturated carbocycles. The van der Waals surface area contributed by atoms with Crippen molar-refractivity contribution in [2.45, 2.75) is 13.3 Å². The third-order valence-corrected chi connectivity index (χ3v) is 4.85. The van der Waals surface area contributed by atoms with Crippen molar-refractivity contribution in [3.05, 3.63) is 59.7 Å². The van der Waals surface area contributed by atoms with E-state index in [0.29, 0.717) is 29.1 Å². The van der Waals surface area contributed by atoms with Crippen molar-refractivity contribution < 1.29 is 23.9 Å². The van der Waals surface area contributed by atoms with Gasteiger partial charge in [0.15, 0.2) is 0 Å². The number of methoxy groups -OCH3 is 1. The number of nitrogens with zero attached hydrogens (tertiary/aromatic N) is 2. The number of carbonyl (C=O) groups is 4. The zero-order valence-corrected chi connectivity index (χ0v) is 16.9. The molecule has 1 heterocycles. The first-order valence-electron chi connectivity index (χ1n) is 9.61. The first-order chi connectivity index (χ1) is 14.4. The Morgan fingerprint density at radius 2 is 1.70 bits per heavy atom. The lowest BCUT2D eigenvalue weighted by Gasteiger charge is -2.22. The second-order valence-electron chi connectivity index (χ2n) is 6.75. The quantitative estimate of drug-likeness (QED) is 0.674. The molecular formula is C22H23N3O5. The van der Waals surface area contributed by atoms with Crippen LogP contribution in [0.2, 0.25) is 0 Å². The van der Waals surface area contributed by atoms with Crippen LogP contribution in [-0.2, 0) is 9.59 Å². The van der Waals surface area contributed by atoms with Crippen LogP contribution in [-0.4, -0.2) is 60.2 Å². The molecule has 30 heavy (non-hydrogen) atoms. The molecule has 0 fully saturated rings. The zero-order valence-electron chi connectivity index (χ0n) is 16.9. The number of nitrogens with one attached hydrogen (secondary N) is 1. The Labute approximate surface area is 174 Å². The topological polar surface area (TPSA) is 96.0 Å². The molecule has 0 bridgehead atoms. The van der Waals surface area contributed by atoms with E-state index in [4.69, 9.17) is 4.74 Å². The molecule has 2 aromatic rings. The lowest BCUT2D eigenvalue weighted by Crippen LogP contribution is -2.40. The molecule has 0 saturated heterocycles. The average molecular weight is 409 g/mol. The van der Waals surface area contributed by atoms with Gasteiger partial charge in [-0.2, -0.15) is 0 Å². The summed E-state index contributed by atoms with van der Waals surface area (Å²) in [6.07, 6.45) is -0.0499. The van der Waals surface area contributed by atoms with Crippen LogP contribution in [0.5, 0.6) is 5.75 Å². The van der Waals surface area contributed by atoms with Gasteiger partial charge in [0.1, 0.15) is 5.75 Å². The summed E-state index contributed by atoms with van der Waals surface area (Å²) in [4.78, 5) is 52.2. The van der Waals surface area contributed by atoms with Crippen molar-refractivity contribution >= 4 is 29.3 Å². The van der Waals surface area contributed by atoms with Gasteiger partial charge in [0.2, 0.25) is 11.8 Å². The Hall–Kier alpha value is -3.68. The van der Waals surface area contributed by atoms with Gasteiger partial charge in [-0.3, -0.25) is 24.1 Å². The average Bonchev–Trinajstić information content (AvgIpc) is 3.00. The van der Waals surface area contributed by atoms with Gasteiger partial charge in [-0.25, -0.2) is 0 Å². The fourth-order valence-corrected chi connectivity index (χ4v) is 3.26. The van der Waals surface area contributed by atoms with Crippen molar-refractivity contribution in [2.75, 3.05) is 32.1 Å². The molecule has 0 spiro atoms. The molecule has 0 atom stereocenters. The number of benzene rings is 2. The highest BCUT2D eigenvalue weighted by atomic mass is 16.5. The van der Waals surface area contributed by atoms with Crippen molar-refractivity contribution in [1.29, 1.82) is 0 Å². The Morgan fingerprint density at radius 1 is 1.03 bits per heavy atom. The molecule has 0 aromatic heterocycles. The van der Waals surface area contributed by atoms with Gasteiger partial charge in [-0.15, -0.1) is 0 Å². The van der Waals surface area contributed by atoms with Crippen LogP contribution in [0.15, 0.2) is 48.5 Å². The van der Waals surface area contributed by atoms with Crippen LogP contribution >= 0.6 is 0 Å². The Kier molecular flexibility index (Phi) is 6.46. The van der Waals surface area contributed by atoms with Crippen molar-refractivity contribution in [1.82, 2.24) is 9.80 Å².